The molecule has 0 aliphatic carbocycles. The summed E-state index contributed by atoms with van der Waals surface area (Å²) >= 11 is 0. The standard InChI is InChI=1S/C24H22N6O/c25-11-17-3-1-16(2-4-17)5-7-26-14-21-15-28-22-10-20(13-30-24(22)31-21)19-9-18-6-8-27-23(18)29-12-19/h1-4,6,8-10,12-13,21,26,28H,5,7,14-15H2,(H,27,29). The van der Waals surface area contributed by atoms with Gasteiger partial charge in [0.15, 0.2) is 0 Å². The fourth-order valence-corrected chi connectivity index (χ4v) is 3.71. The molecule has 0 radical (unpaired) electrons. The summed E-state index contributed by atoms with van der Waals surface area (Å²) in [6.07, 6.45) is 6.50. The SMILES string of the molecule is N#Cc1ccc(CCNCC2CNc3cc(-c4cnc5[nH]ccc5c4)cnc3O2)cc1. The van der Waals surface area contributed by atoms with E-state index in [2.05, 4.69) is 43.8 Å². The van der Waals surface area contributed by atoms with Crippen molar-refractivity contribution in [3.8, 4) is 23.1 Å². The van der Waals surface area contributed by atoms with Crippen LogP contribution >= 0.6 is 0 Å². The Hall–Kier alpha value is -3.89. The van der Waals surface area contributed by atoms with Gasteiger partial charge in [0, 0.05) is 41.6 Å². The zero-order chi connectivity index (χ0) is 21.0. The molecule has 0 fully saturated rings. The maximum atomic E-state index is 8.87. The number of hydrogen-bond donors (Lipinski definition) is 3. The summed E-state index contributed by atoms with van der Waals surface area (Å²) in [4.78, 5) is 12.1. The van der Waals surface area contributed by atoms with Gasteiger partial charge in [0.2, 0.25) is 5.88 Å². The first-order chi connectivity index (χ1) is 15.3. The van der Waals surface area contributed by atoms with Crippen molar-refractivity contribution in [3.05, 3.63) is 72.2 Å². The Morgan fingerprint density at radius 2 is 1.94 bits per heavy atom. The first kappa shape index (κ1) is 19.1. The van der Waals surface area contributed by atoms with Crippen molar-refractivity contribution in [2.45, 2.75) is 12.5 Å². The van der Waals surface area contributed by atoms with Crippen LogP contribution < -0.4 is 15.4 Å². The minimum Gasteiger partial charge on any atom is -0.470 e. The number of benzene rings is 1. The van der Waals surface area contributed by atoms with Crippen molar-refractivity contribution in [1.82, 2.24) is 20.3 Å². The molecule has 154 valence electrons. The number of ether oxygens (including phenoxy) is 1. The number of hydrogen-bond acceptors (Lipinski definition) is 6. The van der Waals surface area contributed by atoms with Gasteiger partial charge in [0.05, 0.1) is 23.9 Å². The third-order valence-corrected chi connectivity index (χ3v) is 5.43. The second-order valence-electron chi connectivity index (χ2n) is 7.60. The van der Waals surface area contributed by atoms with E-state index in [0.717, 1.165) is 53.9 Å². The molecule has 0 saturated carbocycles. The van der Waals surface area contributed by atoms with Crippen LogP contribution in [0.15, 0.2) is 61.1 Å². The van der Waals surface area contributed by atoms with Crippen LogP contribution in [-0.4, -0.2) is 40.7 Å². The lowest BCUT2D eigenvalue weighted by Crippen LogP contribution is -2.40. The monoisotopic (exact) mass is 410 g/mol. The largest absolute Gasteiger partial charge is 0.470 e. The van der Waals surface area contributed by atoms with E-state index in [1.165, 1.54) is 5.56 Å². The molecule has 7 heteroatoms. The van der Waals surface area contributed by atoms with Gasteiger partial charge in [0.1, 0.15) is 11.8 Å². The fraction of sp³-hybridized carbons (Fsp3) is 0.208. The van der Waals surface area contributed by atoms with E-state index in [0.29, 0.717) is 11.4 Å². The molecule has 4 heterocycles. The minimum absolute atomic E-state index is 0.0182. The molecule has 4 aromatic rings. The third kappa shape index (κ3) is 4.20. The van der Waals surface area contributed by atoms with Crippen molar-refractivity contribution >= 4 is 16.7 Å². The van der Waals surface area contributed by atoms with Crippen LogP contribution in [-0.2, 0) is 6.42 Å². The Morgan fingerprint density at radius 3 is 2.81 bits per heavy atom. The zero-order valence-corrected chi connectivity index (χ0v) is 16.9. The van der Waals surface area contributed by atoms with Crippen LogP contribution in [0.1, 0.15) is 11.1 Å². The molecule has 7 nitrogen and oxygen atoms in total. The van der Waals surface area contributed by atoms with Gasteiger partial charge in [-0.15, -0.1) is 0 Å². The molecule has 1 atom stereocenters. The summed E-state index contributed by atoms with van der Waals surface area (Å²) in [7, 11) is 0. The highest BCUT2D eigenvalue weighted by molar-refractivity contribution is 5.82. The first-order valence-electron chi connectivity index (χ1n) is 10.3. The molecule has 1 aliphatic heterocycles. The lowest BCUT2D eigenvalue weighted by molar-refractivity contribution is 0.194. The third-order valence-electron chi connectivity index (χ3n) is 5.43. The Balaban J connectivity index is 1.16. The summed E-state index contributed by atoms with van der Waals surface area (Å²) in [5.74, 6) is 0.629. The Morgan fingerprint density at radius 1 is 1.10 bits per heavy atom. The van der Waals surface area contributed by atoms with E-state index in [1.807, 2.05) is 48.9 Å². The van der Waals surface area contributed by atoms with Gasteiger partial charge < -0.3 is 20.4 Å². The van der Waals surface area contributed by atoms with Gasteiger partial charge in [-0.3, -0.25) is 0 Å². The van der Waals surface area contributed by atoms with Gasteiger partial charge in [-0.05, 0) is 48.9 Å². The topological polar surface area (TPSA) is 98.7 Å². The van der Waals surface area contributed by atoms with Gasteiger partial charge in [-0.2, -0.15) is 5.26 Å². The smallest absolute Gasteiger partial charge is 0.237 e. The number of H-pyrrole nitrogens is 1. The van der Waals surface area contributed by atoms with Crippen molar-refractivity contribution in [2.75, 3.05) is 25.0 Å². The number of fused-ring (bicyclic) bond motifs is 2. The van der Waals surface area contributed by atoms with Gasteiger partial charge in [-0.1, -0.05) is 12.1 Å². The zero-order valence-electron chi connectivity index (χ0n) is 16.9. The molecule has 3 aromatic heterocycles. The molecule has 1 aromatic carbocycles. The quantitative estimate of drug-likeness (QED) is 0.421. The lowest BCUT2D eigenvalue weighted by atomic mass is 10.1. The highest BCUT2D eigenvalue weighted by atomic mass is 16.5. The average Bonchev–Trinajstić information content (AvgIpc) is 3.30. The molecule has 31 heavy (non-hydrogen) atoms. The van der Waals surface area contributed by atoms with E-state index in [9.17, 15) is 0 Å². The number of nitrogens with zero attached hydrogens (tertiary/aromatic N) is 3. The van der Waals surface area contributed by atoms with Crippen molar-refractivity contribution in [2.24, 2.45) is 0 Å². The molecule has 1 aliphatic rings. The fourth-order valence-electron chi connectivity index (χ4n) is 3.71. The summed E-state index contributed by atoms with van der Waals surface area (Å²) in [5.41, 5.74) is 5.71. The summed E-state index contributed by atoms with van der Waals surface area (Å²) in [5, 5.41) is 16.8. The molecule has 0 spiro atoms. The van der Waals surface area contributed by atoms with Gasteiger partial charge in [-0.25, -0.2) is 9.97 Å². The number of nitriles is 1. The Bertz CT molecular complexity index is 1240. The average molecular weight is 410 g/mol. The first-order valence-corrected chi connectivity index (χ1v) is 10.3. The molecule has 1 unspecified atom stereocenters. The molecule has 0 amide bonds. The van der Waals surface area contributed by atoms with Crippen LogP contribution in [0.25, 0.3) is 22.2 Å². The number of aromatic amines is 1. The highest BCUT2D eigenvalue weighted by Gasteiger charge is 2.20. The molecule has 3 N–H and O–H groups in total. The number of anilines is 1. The van der Waals surface area contributed by atoms with E-state index in [4.69, 9.17) is 10.00 Å². The van der Waals surface area contributed by atoms with Crippen LogP contribution in [0, 0.1) is 11.3 Å². The highest BCUT2D eigenvalue weighted by Crippen LogP contribution is 2.31. The predicted molar refractivity (Wildman–Crippen MR) is 120 cm³/mol. The molecule has 0 saturated heterocycles. The number of pyridine rings is 2. The van der Waals surface area contributed by atoms with E-state index < -0.39 is 0 Å². The molecular formula is C24H22N6O. The number of rotatable bonds is 6. The van der Waals surface area contributed by atoms with Crippen molar-refractivity contribution in [1.29, 1.82) is 5.26 Å². The van der Waals surface area contributed by atoms with Gasteiger partial charge >= 0.3 is 0 Å². The normalized spacial score (nSPS) is 15.0. The van der Waals surface area contributed by atoms with Crippen LogP contribution in [0.3, 0.4) is 0 Å². The van der Waals surface area contributed by atoms with Crippen LogP contribution in [0.2, 0.25) is 0 Å². The molecular weight excluding hydrogens is 388 g/mol. The van der Waals surface area contributed by atoms with Crippen LogP contribution in [0.4, 0.5) is 5.69 Å². The predicted octanol–water partition coefficient (Wildman–Crippen LogP) is 3.50. The maximum Gasteiger partial charge on any atom is 0.237 e. The summed E-state index contributed by atoms with van der Waals surface area (Å²) in [6.45, 7) is 2.30. The van der Waals surface area contributed by atoms with E-state index in [1.54, 1.807) is 0 Å². The second-order valence-corrected chi connectivity index (χ2v) is 7.60. The lowest BCUT2D eigenvalue weighted by Gasteiger charge is -2.27. The van der Waals surface area contributed by atoms with Crippen molar-refractivity contribution in [3.63, 3.8) is 0 Å². The number of aromatic nitrogens is 3. The second kappa shape index (κ2) is 8.46. The molecule has 5 rings (SSSR count). The Kier molecular flexibility index (Phi) is 5.21. The minimum atomic E-state index is 0.0182. The van der Waals surface area contributed by atoms with Crippen molar-refractivity contribution < 1.29 is 4.74 Å². The van der Waals surface area contributed by atoms with Gasteiger partial charge in [0.25, 0.3) is 0 Å². The number of nitrogens with one attached hydrogen (secondary N) is 3. The van der Waals surface area contributed by atoms with Crippen LogP contribution in [0.5, 0.6) is 5.88 Å². The van der Waals surface area contributed by atoms with E-state index in [-0.39, 0.29) is 6.10 Å². The summed E-state index contributed by atoms with van der Waals surface area (Å²) < 4.78 is 6.07. The summed E-state index contributed by atoms with van der Waals surface area (Å²) in [6, 6.07) is 16.0. The van der Waals surface area contributed by atoms with E-state index >= 15 is 0 Å². The Labute approximate surface area is 180 Å². The maximum absolute atomic E-state index is 8.87. The molecule has 0 bridgehead atoms.